The highest BCUT2D eigenvalue weighted by Crippen LogP contribution is 2.37. The van der Waals surface area contributed by atoms with Crippen molar-refractivity contribution in [3.05, 3.63) is 94.5 Å². The summed E-state index contributed by atoms with van der Waals surface area (Å²) in [5.74, 6) is 0.877. The van der Waals surface area contributed by atoms with Crippen LogP contribution in [-0.4, -0.2) is 34.0 Å². The van der Waals surface area contributed by atoms with Crippen molar-refractivity contribution >= 4 is 27.4 Å². The lowest BCUT2D eigenvalue weighted by Crippen LogP contribution is -2.25. The lowest BCUT2D eigenvalue weighted by atomic mass is 9.92. The van der Waals surface area contributed by atoms with Crippen LogP contribution in [0.25, 0.3) is 11.6 Å². The van der Waals surface area contributed by atoms with Gasteiger partial charge >= 0.3 is 0 Å². The molecule has 182 valence electrons. The van der Waals surface area contributed by atoms with Crippen LogP contribution in [0.4, 0.5) is 5.69 Å². The number of rotatable bonds is 6. The van der Waals surface area contributed by atoms with E-state index in [0.29, 0.717) is 12.3 Å². The molecule has 1 fully saturated rings. The first-order valence-corrected chi connectivity index (χ1v) is 14.1. The smallest absolute Gasteiger partial charge is 0.229 e. The van der Waals surface area contributed by atoms with E-state index in [1.807, 2.05) is 24.3 Å². The zero-order chi connectivity index (χ0) is 24.3. The van der Waals surface area contributed by atoms with Gasteiger partial charge in [0.1, 0.15) is 12.4 Å². The predicted molar refractivity (Wildman–Crippen MR) is 141 cm³/mol. The topological polar surface area (TPSA) is 64.6 Å². The molecule has 35 heavy (non-hydrogen) atoms. The first kappa shape index (κ1) is 23.6. The number of hydrogen-bond acceptors (Lipinski definition) is 4. The van der Waals surface area contributed by atoms with Gasteiger partial charge < -0.3 is 9.47 Å². The summed E-state index contributed by atoms with van der Waals surface area (Å²) in [6.45, 7) is 1.41. The summed E-state index contributed by atoms with van der Waals surface area (Å²) in [4.78, 5) is 0. The van der Waals surface area contributed by atoms with Gasteiger partial charge in [0.05, 0.1) is 12.4 Å². The van der Waals surface area contributed by atoms with Crippen molar-refractivity contribution in [3.63, 3.8) is 0 Å². The molecule has 0 aromatic heterocycles. The van der Waals surface area contributed by atoms with Crippen molar-refractivity contribution in [2.75, 3.05) is 24.2 Å². The molecular weight excluding hydrogens is 458 g/mol. The van der Waals surface area contributed by atoms with Gasteiger partial charge in [-0.05, 0) is 95.8 Å². The summed E-state index contributed by atoms with van der Waals surface area (Å²) in [5.41, 5.74) is 7.56. The molecule has 0 amide bonds. The molecule has 1 unspecified atom stereocenters. The summed E-state index contributed by atoms with van der Waals surface area (Å²) in [5, 5.41) is 0. The second kappa shape index (κ2) is 10.3. The Balaban J connectivity index is 1.49. The van der Waals surface area contributed by atoms with Crippen LogP contribution >= 0.6 is 0 Å². The van der Waals surface area contributed by atoms with E-state index in [2.05, 4.69) is 47.2 Å². The Kier molecular flexibility index (Phi) is 6.93. The molecular formula is C29H31NO4S. The number of benzene rings is 3. The normalized spacial score (nSPS) is 18.9. The third kappa shape index (κ3) is 5.95. The van der Waals surface area contributed by atoms with Crippen molar-refractivity contribution in [3.8, 4) is 5.75 Å². The second-order valence-electron chi connectivity index (χ2n) is 9.33. The van der Waals surface area contributed by atoms with Crippen molar-refractivity contribution in [2.24, 2.45) is 0 Å². The van der Waals surface area contributed by atoms with Crippen molar-refractivity contribution in [1.29, 1.82) is 0 Å². The summed E-state index contributed by atoms with van der Waals surface area (Å²) >= 11 is 0. The van der Waals surface area contributed by atoms with Crippen molar-refractivity contribution in [1.82, 2.24) is 0 Å². The van der Waals surface area contributed by atoms with E-state index in [1.54, 1.807) is 6.07 Å². The van der Waals surface area contributed by atoms with Gasteiger partial charge in [-0.3, -0.25) is 4.72 Å². The Morgan fingerprint density at radius 2 is 1.80 bits per heavy atom. The Morgan fingerprint density at radius 1 is 0.971 bits per heavy atom. The van der Waals surface area contributed by atoms with Gasteiger partial charge in [0, 0.05) is 12.3 Å². The van der Waals surface area contributed by atoms with Crippen LogP contribution in [0.2, 0.25) is 0 Å². The van der Waals surface area contributed by atoms with Crippen LogP contribution in [0.15, 0.2) is 66.7 Å². The average Bonchev–Trinajstić information content (AvgIpc) is 3.00. The number of nitrogens with one attached hydrogen (secondary N) is 1. The van der Waals surface area contributed by atoms with Crippen molar-refractivity contribution < 1.29 is 17.9 Å². The molecule has 1 aliphatic carbocycles. The standard InChI is InChI=1S/C29H31NO4S/c1-35(31,32)30-24-9-6-7-21(17-24)18-29-27-11-3-2-8-22(27)12-13-23-19-25(14-15-28(23)29)34-20-26-10-4-5-16-33-26/h2-3,6-9,11,14-15,17-19,26,30H,4-5,10,12-13,16,20H2,1H3. The van der Waals surface area contributed by atoms with Gasteiger partial charge in [-0.2, -0.15) is 0 Å². The number of anilines is 1. The van der Waals surface area contributed by atoms with Crippen LogP contribution in [0, 0.1) is 0 Å². The monoisotopic (exact) mass is 489 g/mol. The minimum Gasteiger partial charge on any atom is -0.491 e. The third-order valence-corrected chi connectivity index (χ3v) is 7.16. The fraction of sp³-hybridized carbons (Fsp3) is 0.310. The zero-order valence-electron chi connectivity index (χ0n) is 20.0. The molecule has 0 radical (unpaired) electrons. The molecule has 3 aromatic rings. The van der Waals surface area contributed by atoms with Gasteiger partial charge in [-0.15, -0.1) is 0 Å². The zero-order valence-corrected chi connectivity index (χ0v) is 20.8. The van der Waals surface area contributed by atoms with E-state index >= 15 is 0 Å². The van der Waals surface area contributed by atoms with Gasteiger partial charge in [0.15, 0.2) is 0 Å². The van der Waals surface area contributed by atoms with Crippen LogP contribution in [0.1, 0.15) is 47.1 Å². The van der Waals surface area contributed by atoms with E-state index in [1.165, 1.54) is 28.7 Å². The molecule has 2 aliphatic rings. The van der Waals surface area contributed by atoms with E-state index in [4.69, 9.17) is 9.47 Å². The molecule has 3 aromatic carbocycles. The maximum absolute atomic E-state index is 11.7. The highest BCUT2D eigenvalue weighted by Gasteiger charge is 2.20. The molecule has 6 heteroatoms. The molecule has 1 N–H and O–H groups in total. The number of ether oxygens (including phenoxy) is 2. The Labute approximate surface area is 207 Å². The Hall–Kier alpha value is -3.09. The van der Waals surface area contributed by atoms with Gasteiger partial charge in [0.25, 0.3) is 0 Å². The molecule has 1 atom stereocenters. The minimum atomic E-state index is -3.34. The number of sulfonamides is 1. The number of hydrogen-bond donors (Lipinski definition) is 1. The SMILES string of the molecule is CS(=O)(=O)Nc1cccc(C=C2c3ccccc3CCc3cc(OCC4CCCCO4)ccc32)c1. The summed E-state index contributed by atoms with van der Waals surface area (Å²) in [6, 6.07) is 22.4. The third-order valence-electron chi connectivity index (χ3n) is 6.55. The highest BCUT2D eigenvalue weighted by atomic mass is 32.2. The summed E-state index contributed by atoms with van der Waals surface area (Å²) in [7, 11) is -3.34. The molecule has 5 rings (SSSR count). The molecule has 1 heterocycles. The molecule has 1 saturated heterocycles. The van der Waals surface area contributed by atoms with E-state index in [-0.39, 0.29) is 6.10 Å². The lowest BCUT2D eigenvalue weighted by Gasteiger charge is -2.23. The maximum Gasteiger partial charge on any atom is 0.229 e. The first-order valence-electron chi connectivity index (χ1n) is 12.2. The van der Waals surface area contributed by atoms with Crippen LogP contribution in [-0.2, 0) is 27.6 Å². The molecule has 5 nitrogen and oxygen atoms in total. The Morgan fingerprint density at radius 3 is 2.63 bits per heavy atom. The van der Waals surface area contributed by atoms with Gasteiger partial charge in [-0.1, -0.05) is 42.5 Å². The summed E-state index contributed by atoms with van der Waals surface area (Å²) < 4.78 is 38.0. The first-order chi connectivity index (χ1) is 16.9. The van der Waals surface area contributed by atoms with Gasteiger partial charge in [0.2, 0.25) is 10.0 Å². The Bertz CT molecular complexity index is 1340. The number of aryl methyl sites for hydroxylation is 2. The largest absolute Gasteiger partial charge is 0.491 e. The van der Waals surface area contributed by atoms with Gasteiger partial charge in [-0.25, -0.2) is 8.42 Å². The minimum absolute atomic E-state index is 0.176. The van der Waals surface area contributed by atoms with Crippen LogP contribution in [0.3, 0.4) is 0 Å². The quantitative estimate of drug-likeness (QED) is 0.483. The van der Waals surface area contributed by atoms with E-state index < -0.39 is 10.0 Å². The summed E-state index contributed by atoms with van der Waals surface area (Å²) in [6.07, 6.45) is 8.75. The highest BCUT2D eigenvalue weighted by molar-refractivity contribution is 7.92. The fourth-order valence-corrected chi connectivity index (χ4v) is 5.46. The molecule has 1 aliphatic heterocycles. The van der Waals surface area contributed by atoms with E-state index in [0.717, 1.165) is 55.4 Å². The van der Waals surface area contributed by atoms with E-state index in [9.17, 15) is 8.42 Å². The second-order valence-corrected chi connectivity index (χ2v) is 11.1. The molecule has 0 spiro atoms. The van der Waals surface area contributed by atoms with Crippen LogP contribution in [0.5, 0.6) is 5.75 Å². The predicted octanol–water partition coefficient (Wildman–Crippen LogP) is 5.69. The fourth-order valence-electron chi connectivity index (χ4n) is 4.90. The average molecular weight is 490 g/mol. The van der Waals surface area contributed by atoms with Crippen LogP contribution < -0.4 is 9.46 Å². The van der Waals surface area contributed by atoms with Crippen molar-refractivity contribution in [2.45, 2.75) is 38.2 Å². The maximum atomic E-state index is 11.7. The molecule has 0 bridgehead atoms. The number of fused-ring (bicyclic) bond motifs is 2. The lowest BCUT2D eigenvalue weighted by molar-refractivity contribution is -0.0110. The molecule has 0 saturated carbocycles.